The Morgan fingerprint density at radius 2 is 1.26 bits per heavy atom. The molecule has 0 amide bonds. The highest BCUT2D eigenvalue weighted by atomic mass is 31.1. The molecule has 0 N–H and O–H groups in total. The summed E-state index contributed by atoms with van der Waals surface area (Å²) < 4.78 is 2.87. The lowest BCUT2D eigenvalue weighted by Gasteiger charge is -2.34. The maximum absolute atomic E-state index is 2.87. The van der Waals surface area contributed by atoms with Crippen LogP contribution in [0.3, 0.4) is 0 Å². The van der Waals surface area contributed by atoms with Gasteiger partial charge in [0.25, 0.3) is 0 Å². The van der Waals surface area contributed by atoms with Crippen LogP contribution in [-0.2, 0) is 0 Å². The van der Waals surface area contributed by atoms with E-state index in [1.54, 1.807) is 10.6 Å². The van der Waals surface area contributed by atoms with E-state index in [9.17, 15) is 0 Å². The average Bonchev–Trinajstić information content (AvgIpc) is 3.23. The van der Waals surface area contributed by atoms with Crippen LogP contribution in [0, 0.1) is 27.7 Å². The third-order valence-electron chi connectivity index (χ3n) is 6.51. The van der Waals surface area contributed by atoms with E-state index in [4.69, 9.17) is 0 Å². The Hall–Kier alpha value is -1.82. The molecule has 2 aromatic carbocycles. The van der Waals surface area contributed by atoms with Gasteiger partial charge in [-0.3, -0.25) is 4.67 Å². The van der Waals surface area contributed by atoms with E-state index < -0.39 is 0 Å². The Labute approximate surface area is 165 Å². The normalized spacial score (nSPS) is 17.7. The summed E-state index contributed by atoms with van der Waals surface area (Å²) in [6.45, 7) is 10.6. The zero-order valence-electron chi connectivity index (χ0n) is 16.9. The van der Waals surface area contributed by atoms with Crippen LogP contribution < -0.4 is 4.67 Å². The minimum atomic E-state index is -0.307. The molecule has 4 rings (SSSR count). The van der Waals surface area contributed by atoms with Gasteiger partial charge >= 0.3 is 0 Å². The van der Waals surface area contributed by atoms with Gasteiger partial charge in [0.1, 0.15) is 0 Å². The smallest absolute Gasteiger partial charge is 0.0286 e. The van der Waals surface area contributed by atoms with Gasteiger partial charge in [-0.15, -0.1) is 0 Å². The number of hydrogen-bond donors (Lipinski definition) is 0. The summed E-state index contributed by atoms with van der Waals surface area (Å²) in [6, 6.07) is 22.9. The molecular formula is C25H30NP. The van der Waals surface area contributed by atoms with Crippen molar-refractivity contribution in [1.82, 2.24) is 0 Å². The van der Waals surface area contributed by atoms with Gasteiger partial charge < -0.3 is 0 Å². The Morgan fingerprint density at radius 3 is 1.74 bits per heavy atom. The minimum absolute atomic E-state index is 0.307. The number of benzene rings is 2. The number of hydrogen-bond acceptors (Lipinski definition) is 1. The quantitative estimate of drug-likeness (QED) is 0.482. The average molecular weight is 375 g/mol. The molecule has 27 heavy (non-hydrogen) atoms. The van der Waals surface area contributed by atoms with Crippen LogP contribution >= 0.6 is 7.68 Å². The van der Waals surface area contributed by atoms with Crippen molar-refractivity contribution < 1.29 is 0 Å². The second kappa shape index (κ2) is 7.66. The molecule has 0 radical (unpaired) electrons. The van der Waals surface area contributed by atoms with Gasteiger partial charge in [0, 0.05) is 18.5 Å². The molecule has 0 saturated carbocycles. The molecule has 0 unspecified atom stereocenters. The largest absolute Gasteiger partial charge is 0.257 e. The fourth-order valence-electron chi connectivity index (χ4n) is 4.82. The standard InChI is InChI=1S/C25H30NP/c1-18-19(2)21(4)27(20(18)3)26-17-11-16-24(26)25(22-12-7-5-8-13-22)23-14-9-6-10-15-23/h5-10,12-15,24-25H,11,16-17H2,1-4H3/t24-/m1/s1. The van der Waals surface area contributed by atoms with Gasteiger partial charge in [0.2, 0.25) is 0 Å². The molecule has 1 aromatic heterocycles. The van der Waals surface area contributed by atoms with Gasteiger partial charge in [0.05, 0.1) is 0 Å². The molecule has 1 aliphatic heterocycles. The lowest BCUT2D eigenvalue weighted by atomic mass is 9.84. The molecule has 2 heteroatoms. The molecule has 0 bridgehead atoms. The molecule has 1 saturated heterocycles. The summed E-state index contributed by atoms with van der Waals surface area (Å²) in [7, 11) is -0.307. The SMILES string of the molecule is Cc1c(C)c(C)p(N2CCC[C@@H]2C(c2ccccc2)c2ccccc2)c1C. The van der Waals surface area contributed by atoms with E-state index in [0.29, 0.717) is 12.0 Å². The molecule has 1 atom stereocenters. The molecule has 0 aliphatic carbocycles. The Kier molecular flexibility index (Phi) is 5.26. The summed E-state index contributed by atoms with van der Waals surface area (Å²) >= 11 is 0. The van der Waals surface area contributed by atoms with Crippen LogP contribution in [0.5, 0.6) is 0 Å². The van der Waals surface area contributed by atoms with Gasteiger partial charge in [-0.25, -0.2) is 0 Å². The molecule has 1 nitrogen and oxygen atoms in total. The monoisotopic (exact) mass is 375 g/mol. The van der Waals surface area contributed by atoms with Crippen LogP contribution in [0.25, 0.3) is 0 Å². The van der Waals surface area contributed by atoms with E-state index in [1.807, 2.05) is 0 Å². The van der Waals surface area contributed by atoms with Crippen molar-refractivity contribution in [3.05, 3.63) is 93.5 Å². The summed E-state index contributed by atoms with van der Waals surface area (Å²) in [5.74, 6) is 0.444. The summed E-state index contributed by atoms with van der Waals surface area (Å²) in [4.78, 5) is 0. The van der Waals surface area contributed by atoms with Crippen molar-refractivity contribution >= 4 is 7.68 Å². The molecule has 1 fully saturated rings. The van der Waals surface area contributed by atoms with E-state index in [-0.39, 0.29) is 7.68 Å². The topological polar surface area (TPSA) is 3.24 Å². The first-order valence-electron chi connectivity index (χ1n) is 10.1. The minimum Gasteiger partial charge on any atom is -0.257 e. The predicted molar refractivity (Wildman–Crippen MR) is 119 cm³/mol. The second-order valence-electron chi connectivity index (χ2n) is 7.90. The van der Waals surface area contributed by atoms with Crippen molar-refractivity contribution in [3.8, 4) is 0 Å². The molecule has 2 heterocycles. The van der Waals surface area contributed by atoms with Gasteiger partial charge in [-0.1, -0.05) is 60.7 Å². The Balaban J connectivity index is 1.82. The van der Waals surface area contributed by atoms with E-state index in [1.165, 1.54) is 41.6 Å². The maximum atomic E-state index is 2.87. The fourth-order valence-corrected chi connectivity index (χ4v) is 7.95. The third kappa shape index (κ3) is 3.28. The lowest BCUT2D eigenvalue weighted by molar-refractivity contribution is 0.609. The molecule has 3 aromatic rings. The van der Waals surface area contributed by atoms with E-state index in [2.05, 4.69) is 93.0 Å². The van der Waals surface area contributed by atoms with Crippen molar-refractivity contribution in [2.45, 2.75) is 52.5 Å². The van der Waals surface area contributed by atoms with Crippen LogP contribution in [0.4, 0.5) is 0 Å². The third-order valence-corrected chi connectivity index (χ3v) is 9.46. The van der Waals surface area contributed by atoms with E-state index >= 15 is 0 Å². The molecule has 1 aliphatic rings. The zero-order valence-corrected chi connectivity index (χ0v) is 17.8. The highest BCUT2D eigenvalue weighted by Gasteiger charge is 2.36. The van der Waals surface area contributed by atoms with E-state index in [0.717, 1.165) is 0 Å². The van der Waals surface area contributed by atoms with Crippen molar-refractivity contribution in [2.75, 3.05) is 11.2 Å². The molecule has 0 spiro atoms. The fraction of sp³-hybridized carbons (Fsp3) is 0.360. The summed E-state index contributed by atoms with van der Waals surface area (Å²) in [5.41, 5.74) is 5.96. The zero-order chi connectivity index (χ0) is 19.0. The predicted octanol–water partition coefficient (Wildman–Crippen LogP) is 6.84. The molecular weight excluding hydrogens is 345 g/mol. The van der Waals surface area contributed by atoms with Crippen molar-refractivity contribution in [1.29, 1.82) is 0 Å². The van der Waals surface area contributed by atoms with Gasteiger partial charge in [-0.2, -0.15) is 0 Å². The van der Waals surface area contributed by atoms with Crippen LogP contribution in [0.2, 0.25) is 0 Å². The second-order valence-corrected chi connectivity index (χ2v) is 10.4. The number of nitrogens with zero attached hydrogens (tertiary/aromatic N) is 1. The first kappa shape index (κ1) is 18.5. The summed E-state index contributed by atoms with van der Waals surface area (Å²) in [5, 5.41) is 3.23. The van der Waals surface area contributed by atoms with Gasteiger partial charge in [-0.05, 0) is 81.1 Å². The van der Waals surface area contributed by atoms with Gasteiger partial charge in [0.15, 0.2) is 0 Å². The number of rotatable bonds is 4. The first-order chi connectivity index (χ1) is 13.1. The Bertz CT molecular complexity index is 846. The molecule has 140 valence electrons. The van der Waals surface area contributed by atoms with Crippen molar-refractivity contribution in [3.63, 3.8) is 0 Å². The first-order valence-corrected chi connectivity index (χ1v) is 11.4. The van der Waals surface area contributed by atoms with Crippen LogP contribution in [0.15, 0.2) is 60.7 Å². The van der Waals surface area contributed by atoms with Crippen LogP contribution in [-0.4, -0.2) is 12.6 Å². The van der Waals surface area contributed by atoms with Crippen molar-refractivity contribution in [2.24, 2.45) is 0 Å². The summed E-state index contributed by atoms with van der Waals surface area (Å²) in [6.07, 6.45) is 2.59. The lowest BCUT2D eigenvalue weighted by Crippen LogP contribution is -2.33. The maximum Gasteiger partial charge on any atom is 0.0286 e. The van der Waals surface area contributed by atoms with Crippen LogP contribution in [0.1, 0.15) is 51.6 Å². The highest BCUT2D eigenvalue weighted by Crippen LogP contribution is 2.51. The highest BCUT2D eigenvalue weighted by molar-refractivity contribution is 7.53. The Morgan fingerprint density at radius 1 is 0.778 bits per heavy atom.